The normalized spacial score (nSPS) is 23.6. The number of nitrogens with two attached hydrogens (primary N) is 1. The highest BCUT2D eigenvalue weighted by atomic mass is 16.2. The third-order valence-corrected chi connectivity index (χ3v) is 6.65. The second kappa shape index (κ2) is 10.3. The molecule has 0 aromatic carbocycles. The van der Waals surface area contributed by atoms with Crippen molar-refractivity contribution in [2.75, 3.05) is 13.1 Å². The van der Waals surface area contributed by atoms with Crippen LogP contribution in [0.25, 0.3) is 0 Å². The minimum atomic E-state index is -0.743. The van der Waals surface area contributed by atoms with Gasteiger partial charge in [0.05, 0.1) is 12.1 Å². The molecule has 32 heavy (non-hydrogen) atoms. The Hall–Kier alpha value is -1.96. The second-order valence-corrected chi connectivity index (χ2v) is 11.0. The number of hydrogen-bond acceptors (Lipinski definition) is 5. The molecule has 2 aliphatic rings. The van der Waals surface area contributed by atoms with Gasteiger partial charge in [0, 0.05) is 18.5 Å². The summed E-state index contributed by atoms with van der Waals surface area (Å²) in [5, 5.41) is 2.91. The zero-order valence-corrected chi connectivity index (χ0v) is 20.8. The molecule has 4 atom stereocenters. The van der Waals surface area contributed by atoms with Crippen LogP contribution in [0.4, 0.5) is 0 Å². The first kappa shape index (κ1) is 26.3. The molecule has 8 heteroatoms. The van der Waals surface area contributed by atoms with Crippen molar-refractivity contribution < 1.29 is 19.2 Å². The Labute approximate surface area is 192 Å². The third-order valence-electron chi connectivity index (χ3n) is 6.65. The van der Waals surface area contributed by atoms with E-state index in [1.54, 1.807) is 9.80 Å². The van der Waals surface area contributed by atoms with Gasteiger partial charge in [0.1, 0.15) is 12.1 Å². The molecule has 2 fully saturated rings. The monoisotopic (exact) mass is 450 g/mol. The van der Waals surface area contributed by atoms with E-state index in [0.717, 1.165) is 12.8 Å². The quantitative estimate of drug-likeness (QED) is 0.613. The molecule has 2 saturated heterocycles. The number of amides is 3. The molecular weight excluding hydrogens is 408 g/mol. The summed E-state index contributed by atoms with van der Waals surface area (Å²) in [6.07, 6.45) is 2.70. The van der Waals surface area contributed by atoms with Crippen molar-refractivity contribution in [1.82, 2.24) is 15.1 Å². The van der Waals surface area contributed by atoms with E-state index in [4.69, 9.17) is 5.73 Å². The molecule has 4 unspecified atom stereocenters. The molecule has 2 aliphatic heterocycles. The Balaban J connectivity index is 2.15. The minimum absolute atomic E-state index is 0.0238. The van der Waals surface area contributed by atoms with Gasteiger partial charge in [-0.25, -0.2) is 0 Å². The van der Waals surface area contributed by atoms with E-state index in [9.17, 15) is 19.2 Å². The van der Waals surface area contributed by atoms with Gasteiger partial charge in [-0.05, 0) is 37.5 Å². The molecule has 2 rings (SSSR count). The van der Waals surface area contributed by atoms with Crippen LogP contribution < -0.4 is 11.1 Å². The highest BCUT2D eigenvalue weighted by Gasteiger charge is 2.43. The van der Waals surface area contributed by atoms with E-state index in [0.29, 0.717) is 25.9 Å². The summed E-state index contributed by atoms with van der Waals surface area (Å²) in [5.41, 5.74) is 5.51. The van der Waals surface area contributed by atoms with Crippen molar-refractivity contribution in [3.63, 3.8) is 0 Å². The van der Waals surface area contributed by atoms with Gasteiger partial charge in [-0.2, -0.15) is 0 Å². The maximum absolute atomic E-state index is 13.5. The number of likely N-dealkylation sites (tertiary alicyclic amines) is 2. The van der Waals surface area contributed by atoms with Crippen LogP contribution in [-0.2, 0) is 19.2 Å². The fourth-order valence-electron chi connectivity index (χ4n) is 4.52. The van der Waals surface area contributed by atoms with E-state index in [1.807, 2.05) is 48.5 Å². The van der Waals surface area contributed by atoms with Crippen molar-refractivity contribution in [1.29, 1.82) is 0 Å². The fourth-order valence-corrected chi connectivity index (χ4v) is 4.52. The Kier molecular flexibility index (Phi) is 8.48. The Bertz CT molecular complexity index is 728. The lowest BCUT2D eigenvalue weighted by molar-refractivity contribution is -0.145. The molecule has 0 spiro atoms. The largest absolute Gasteiger partial charge is 0.342 e. The van der Waals surface area contributed by atoms with Gasteiger partial charge < -0.3 is 20.9 Å². The molecule has 0 bridgehead atoms. The van der Waals surface area contributed by atoms with Crippen molar-refractivity contribution >= 4 is 23.5 Å². The van der Waals surface area contributed by atoms with Crippen LogP contribution in [0.3, 0.4) is 0 Å². The Morgan fingerprint density at radius 2 is 1.34 bits per heavy atom. The lowest BCUT2D eigenvalue weighted by Crippen LogP contribution is -2.58. The summed E-state index contributed by atoms with van der Waals surface area (Å²) < 4.78 is 0. The van der Waals surface area contributed by atoms with Crippen LogP contribution in [-0.4, -0.2) is 70.6 Å². The average molecular weight is 451 g/mol. The predicted octanol–water partition coefficient (Wildman–Crippen LogP) is 1.71. The van der Waals surface area contributed by atoms with Crippen molar-refractivity contribution in [3.8, 4) is 0 Å². The average Bonchev–Trinajstić information content (AvgIpc) is 3.38. The molecule has 182 valence electrons. The molecule has 8 nitrogen and oxygen atoms in total. The van der Waals surface area contributed by atoms with Crippen LogP contribution in [0, 0.1) is 17.3 Å². The molecule has 0 aromatic rings. The number of nitrogens with one attached hydrogen (secondary N) is 1. The van der Waals surface area contributed by atoms with Gasteiger partial charge in [0.25, 0.3) is 0 Å². The molecule has 3 amide bonds. The first-order valence-electron chi connectivity index (χ1n) is 12.0. The van der Waals surface area contributed by atoms with E-state index < -0.39 is 29.6 Å². The van der Waals surface area contributed by atoms with Gasteiger partial charge in [0.2, 0.25) is 17.7 Å². The summed E-state index contributed by atoms with van der Waals surface area (Å²) >= 11 is 0. The van der Waals surface area contributed by atoms with Crippen LogP contribution in [0.2, 0.25) is 0 Å². The summed E-state index contributed by atoms with van der Waals surface area (Å²) in [5.74, 6) is -0.891. The van der Waals surface area contributed by atoms with Gasteiger partial charge >= 0.3 is 0 Å². The van der Waals surface area contributed by atoms with Gasteiger partial charge in [-0.1, -0.05) is 48.5 Å². The molecule has 0 saturated carbocycles. The van der Waals surface area contributed by atoms with Gasteiger partial charge in [-0.3, -0.25) is 19.2 Å². The first-order valence-corrected chi connectivity index (χ1v) is 12.0. The first-order chi connectivity index (χ1) is 14.8. The van der Waals surface area contributed by atoms with Crippen LogP contribution >= 0.6 is 0 Å². The highest BCUT2D eigenvalue weighted by Crippen LogP contribution is 2.28. The third kappa shape index (κ3) is 5.69. The van der Waals surface area contributed by atoms with E-state index in [-0.39, 0.29) is 35.3 Å². The van der Waals surface area contributed by atoms with Crippen LogP contribution in [0.5, 0.6) is 0 Å². The number of ketones is 1. The summed E-state index contributed by atoms with van der Waals surface area (Å²) in [6.45, 7) is 14.1. The summed E-state index contributed by atoms with van der Waals surface area (Å²) in [7, 11) is 0. The highest BCUT2D eigenvalue weighted by molar-refractivity contribution is 5.97. The Morgan fingerprint density at radius 1 is 0.844 bits per heavy atom. The van der Waals surface area contributed by atoms with Crippen molar-refractivity contribution in [2.45, 2.75) is 98.3 Å². The SMILES string of the molecule is CC(C)C(N)C(=O)N1CCCC1C(=O)NC(C(=O)N1CCCC1C(=O)C(C)(C)C)C(C)C. The summed E-state index contributed by atoms with van der Waals surface area (Å²) in [6, 6.07) is -2.46. The van der Waals surface area contributed by atoms with Crippen LogP contribution in [0.15, 0.2) is 0 Å². The van der Waals surface area contributed by atoms with Crippen molar-refractivity contribution in [2.24, 2.45) is 23.0 Å². The lowest BCUT2D eigenvalue weighted by Gasteiger charge is -2.34. The number of carbonyl (C=O) groups excluding carboxylic acids is 4. The second-order valence-electron chi connectivity index (χ2n) is 11.0. The number of hydrogen-bond donors (Lipinski definition) is 2. The zero-order chi connectivity index (χ0) is 24.4. The maximum Gasteiger partial charge on any atom is 0.246 e. The molecule has 0 aliphatic carbocycles. The lowest BCUT2D eigenvalue weighted by atomic mass is 9.85. The molecule has 3 N–H and O–H groups in total. The van der Waals surface area contributed by atoms with E-state index in [1.165, 1.54) is 0 Å². The van der Waals surface area contributed by atoms with Gasteiger partial charge in [0.15, 0.2) is 5.78 Å². The minimum Gasteiger partial charge on any atom is -0.342 e. The van der Waals surface area contributed by atoms with Crippen molar-refractivity contribution in [3.05, 3.63) is 0 Å². The standard InChI is InChI=1S/C24H42N4O4/c1-14(2)18(25)22(31)28-13-9-11-17(28)21(30)26-19(15(3)4)23(32)27-12-8-10-16(27)20(29)24(5,6)7/h14-19H,8-13,25H2,1-7H3,(H,26,30). The number of nitrogens with zero attached hydrogens (tertiary/aromatic N) is 2. The molecular formula is C24H42N4O4. The molecule has 2 heterocycles. The van der Waals surface area contributed by atoms with E-state index in [2.05, 4.69) is 5.32 Å². The number of rotatable bonds is 7. The fraction of sp³-hybridized carbons (Fsp3) is 0.833. The summed E-state index contributed by atoms with van der Waals surface area (Å²) in [4.78, 5) is 55.5. The topological polar surface area (TPSA) is 113 Å². The molecule has 0 radical (unpaired) electrons. The van der Waals surface area contributed by atoms with E-state index >= 15 is 0 Å². The Morgan fingerprint density at radius 3 is 1.81 bits per heavy atom. The predicted molar refractivity (Wildman–Crippen MR) is 124 cm³/mol. The number of carbonyl (C=O) groups is 4. The molecule has 0 aromatic heterocycles. The number of Topliss-reactive ketones (excluding diaryl/α,β-unsaturated/α-hetero) is 1. The smallest absolute Gasteiger partial charge is 0.246 e. The zero-order valence-electron chi connectivity index (χ0n) is 20.8. The van der Waals surface area contributed by atoms with Gasteiger partial charge in [-0.15, -0.1) is 0 Å². The maximum atomic E-state index is 13.5. The van der Waals surface area contributed by atoms with Crippen LogP contribution in [0.1, 0.15) is 74.1 Å².